The number of phenols is 1. The predicted octanol–water partition coefficient (Wildman–Crippen LogP) is 4.13. The summed E-state index contributed by atoms with van der Waals surface area (Å²) in [5.41, 5.74) is 0.762. The second kappa shape index (κ2) is 6.65. The molecule has 2 rings (SSSR count). The van der Waals surface area contributed by atoms with Crippen molar-refractivity contribution < 1.29 is 19.7 Å². The molecule has 0 atom stereocenters. The first kappa shape index (κ1) is 15.4. The van der Waals surface area contributed by atoms with E-state index in [4.69, 9.17) is 16.3 Å². The largest absolute Gasteiger partial charge is 0.504 e. The van der Waals surface area contributed by atoms with Gasteiger partial charge in [0.1, 0.15) is 0 Å². The zero-order valence-corrected chi connectivity index (χ0v) is 12.7. The van der Waals surface area contributed by atoms with Crippen molar-refractivity contribution in [2.75, 3.05) is 6.61 Å². The second-order valence-corrected chi connectivity index (χ2v) is 5.84. The Morgan fingerprint density at radius 2 is 2.14 bits per heavy atom. The molecule has 21 heavy (non-hydrogen) atoms. The van der Waals surface area contributed by atoms with Crippen molar-refractivity contribution in [3.8, 4) is 11.5 Å². The minimum atomic E-state index is -1.04. The van der Waals surface area contributed by atoms with E-state index in [1.807, 2.05) is 0 Å². The lowest BCUT2D eigenvalue weighted by atomic mass is 10.1. The van der Waals surface area contributed by atoms with E-state index >= 15 is 0 Å². The first-order valence-corrected chi connectivity index (χ1v) is 7.37. The van der Waals surface area contributed by atoms with Gasteiger partial charge in [-0.2, -0.15) is 0 Å². The Morgan fingerprint density at radius 3 is 2.71 bits per heavy atom. The number of phenolic OH excluding ortho intramolecular Hbond substituents is 1. The minimum Gasteiger partial charge on any atom is -0.504 e. The van der Waals surface area contributed by atoms with Crippen LogP contribution in [0.3, 0.4) is 0 Å². The highest BCUT2D eigenvalue weighted by Gasteiger charge is 2.13. The van der Waals surface area contributed by atoms with Gasteiger partial charge in [-0.1, -0.05) is 17.7 Å². The maximum absolute atomic E-state index is 11.4. The second-order valence-electron chi connectivity index (χ2n) is 4.13. The summed E-state index contributed by atoms with van der Waals surface area (Å²) >= 11 is 7.04. The molecule has 1 aromatic carbocycles. The average molecular weight is 325 g/mol. The van der Waals surface area contributed by atoms with Crippen LogP contribution < -0.4 is 4.74 Å². The Kier molecular flexibility index (Phi) is 4.88. The molecule has 0 aliphatic carbocycles. The highest BCUT2D eigenvalue weighted by atomic mass is 35.5. The molecule has 2 N–H and O–H groups in total. The third kappa shape index (κ3) is 3.77. The molecule has 6 heteroatoms. The predicted molar refractivity (Wildman–Crippen MR) is 84.1 cm³/mol. The lowest BCUT2D eigenvalue weighted by molar-refractivity contribution is -0.130. The van der Waals surface area contributed by atoms with Gasteiger partial charge in [-0.15, -0.1) is 11.3 Å². The highest BCUT2D eigenvalue weighted by molar-refractivity contribution is 7.17. The van der Waals surface area contributed by atoms with Gasteiger partial charge in [0.25, 0.3) is 0 Å². The molecule has 0 amide bonds. The van der Waals surface area contributed by atoms with Gasteiger partial charge in [-0.25, -0.2) is 4.79 Å². The van der Waals surface area contributed by atoms with E-state index in [0.717, 1.165) is 0 Å². The maximum atomic E-state index is 11.4. The third-order valence-electron chi connectivity index (χ3n) is 2.66. The molecule has 0 fully saturated rings. The van der Waals surface area contributed by atoms with Gasteiger partial charge in [0.05, 0.1) is 16.5 Å². The Hall–Kier alpha value is -1.98. The molecule has 0 saturated carbocycles. The van der Waals surface area contributed by atoms with E-state index in [2.05, 4.69) is 0 Å². The summed E-state index contributed by atoms with van der Waals surface area (Å²) in [6.45, 7) is 2.21. The van der Waals surface area contributed by atoms with Gasteiger partial charge in [0, 0.05) is 4.88 Å². The molecule has 4 nitrogen and oxygen atoms in total. The van der Waals surface area contributed by atoms with Gasteiger partial charge < -0.3 is 14.9 Å². The molecule has 1 heterocycles. The fraction of sp³-hybridized carbons (Fsp3) is 0.133. The number of halogens is 1. The van der Waals surface area contributed by atoms with Crippen LogP contribution in [-0.4, -0.2) is 22.8 Å². The van der Waals surface area contributed by atoms with Crippen molar-refractivity contribution in [1.82, 2.24) is 0 Å². The number of benzene rings is 1. The summed E-state index contributed by atoms with van der Waals surface area (Å²) in [5.74, 6) is -0.704. The van der Waals surface area contributed by atoms with E-state index in [0.29, 0.717) is 27.1 Å². The van der Waals surface area contributed by atoms with Crippen LogP contribution in [0.2, 0.25) is 4.34 Å². The van der Waals surface area contributed by atoms with E-state index < -0.39 is 5.97 Å². The summed E-state index contributed by atoms with van der Waals surface area (Å²) < 4.78 is 5.81. The van der Waals surface area contributed by atoms with Crippen molar-refractivity contribution in [3.63, 3.8) is 0 Å². The standard InChI is InChI=1S/C15H13ClO4S/c1-2-20-12-8-9(3-4-11(12)17)7-10(15(18)19)13-5-6-14(16)21-13/h3-8,17H,2H2,1H3,(H,18,19)/b10-7-. The topological polar surface area (TPSA) is 66.8 Å². The number of aromatic hydroxyl groups is 1. The molecule has 0 aliphatic rings. The van der Waals surface area contributed by atoms with Crippen LogP contribution in [0.25, 0.3) is 11.6 Å². The smallest absolute Gasteiger partial charge is 0.337 e. The SMILES string of the molecule is CCOc1cc(/C=C(\C(=O)O)c2ccc(Cl)s2)ccc1O. The summed E-state index contributed by atoms with van der Waals surface area (Å²) in [6, 6.07) is 8.00. The molecule has 1 aromatic heterocycles. The van der Waals surface area contributed by atoms with Crippen LogP contribution >= 0.6 is 22.9 Å². The van der Waals surface area contributed by atoms with Gasteiger partial charge >= 0.3 is 5.97 Å². The van der Waals surface area contributed by atoms with Crippen LogP contribution in [0.5, 0.6) is 11.5 Å². The number of rotatable bonds is 5. The normalized spacial score (nSPS) is 11.4. The summed E-state index contributed by atoms with van der Waals surface area (Å²) in [6.07, 6.45) is 1.52. The molecule has 0 saturated heterocycles. The Balaban J connectivity index is 2.43. The Labute approximate surface area is 130 Å². The van der Waals surface area contributed by atoms with E-state index in [1.54, 1.807) is 31.2 Å². The molecule has 0 aliphatic heterocycles. The zero-order chi connectivity index (χ0) is 15.4. The lowest BCUT2D eigenvalue weighted by Gasteiger charge is -2.07. The number of carboxylic acids is 1. The molecular weight excluding hydrogens is 312 g/mol. The van der Waals surface area contributed by atoms with Gasteiger partial charge in [-0.05, 0) is 42.8 Å². The van der Waals surface area contributed by atoms with Crippen molar-refractivity contribution in [3.05, 3.63) is 45.1 Å². The summed E-state index contributed by atoms with van der Waals surface area (Å²) in [4.78, 5) is 12.0. The zero-order valence-electron chi connectivity index (χ0n) is 11.2. The minimum absolute atomic E-state index is 0.0186. The monoisotopic (exact) mass is 324 g/mol. The third-order valence-corrected chi connectivity index (χ3v) is 3.93. The maximum Gasteiger partial charge on any atom is 0.337 e. The Bertz CT molecular complexity index is 691. The number of ether oxygens (including phenoxy) is 1. The fourth-order valence-electron chi connectivity index (χ4n) is 1.76. The van der Waals surface area contributed by atoms with Crippen LogP contribution in [0.4, 0.5) is 0 Å². The molecule has 2 aromatic rings. The molecule has 0 spiro atoms. The van der Waals surface area contributed by atoms with Crippen LogP contribution in [0.1, 0.15) is 17.4 Å². The van der Waals surface area contributed by atoms with Crippen LogP contribution in [0, 0.1) is 0 Å². The molecular formula is C15H13ClO4S. The average Bonchev–Trinajstić information content (AvgIpc) is 2.85. The molecule has 0 bridgehead atoms. The lowest BCUT2D eigenvalue weighted by Crippen LogP contribution is -1.98. The number of hydrogen-bond acceptors (Lipinski definition) is 4. The van der Waals surface area contributed by atoms with E-state index in [-0.39, 0.29) is 11.3 Å². The quantitative estimate of drug-likeness (QED) is 0.811. The number of aliphatic carboxylic acids is 1. The summed E-state index contributed by atoms with van der Waals surface area (Å²) in [7, 11) is 0. The van der Waals surface area contributed by atoms with Gasteiger partial charge in [-0.3, -0.25) is 0 Å². The van der Waals surface area contributed by atoms with E-state index in [1.165, 1.54) is 23.5 Å². The number of carboxylic acid groups (broad SMARTS) is 1. The first-order chi connectivity index (χ1) is 10.0. The molecule has 110 valence electrons. The Morgan fingerprint density at radius 1 is 1.38 bits per heavy atom. The molecule has 0 radical (unpaired) electrons. The highest BCUT2D eigenvalue weighted by Crippen LogP contribution is 2.32. The van der Waals surface area contributed by atoms with Gasteiger partial charge in [0.2, 0.25) is 0 Å². The van der Waals surface area contributed by atoms with Crippen LogP contribution in [0.15, 0.2) is 30.3 Å². The van der Waals surface area contributed by atoms with Crippen molar-refractivity contribution in [1.29, 1.82) is 0 Å². The number of thiophene rings is 1. The van der Waals surface area contributed by atoms with Crippen molar-refractivity contribution in [2.45, 2.75) is 6.92 Å². The van der Waals surface area contributed by atoms with Crippen LogP contribution in [-0.2, 0) is 4.79 Å². The van der Waals surface area contributed by atoms with E-state index in [9.17, 15) is 15.0 Å². The molecule has 0 unspecified atom stereocenters. The number of hydrogen-bond donors (Lipinski definition) is 2. The first-order valence-electron chi connectivity index (χ1n) is 6.17. The van der Waals surface area contributed by atoms with Gasteiger partial charge in [0.15, 0.2) is 11.5 Å². The van der Waals surface area contributed by atoms with Crippen molar-refractivity contribution in [2.24, 2.45) is 0 Å². The summed E-state index contributed by atoms with van der Waals surface area (Å²) in [5, 5.41) is 19.0. The number of carbonyl (C=O) groups is 1. The van der Waals surface area contributed by atoms with Crippen molar-refractivity contribution >= 4 is 40.6 Å². The fourth-order valence-corrected chi connectivity index (χ4v) is 2.81.